The Balaban J connectivity index is 2.84. The van der Waals surface area contributed by atoms with Crippen molar-refractivity contribution < 1.29 is 14.7 Å². The zero-order valence-electron chi connectivity index (χ0n) is 7.69. The van der Waals surface area contributed by atoms with Crippen LogP contribution in [0.3, 0.4) is 0 Å². The molecule has 0 aliphatic heterocycles. The molecule has 1 aromatic rings. The molecule has 0 aliphatic carbocycles. The Kier molecular flexibility index (Phi) is 3.71. The summed E-state index contributed by atoms with van der Waals surface area (Å²) in [6.07, 6.45) is 1.46. The van der Waals surface area contributed by atoms with Crippen LogP contribution in [-0.2, 0) is 4.79 Å². The number of ketones is 1. The SMILES string of the molecule is CSc1cccc(C(=O)CC(=O)O)c1. The van der Waals surface area contributed by atoms with Crippen LogP contribution in [-0.4, -0.2) is 23.1 Å². The van der Waals surface area contributed by atoms with Crippen molar-refractivity contribution in [2.45, 2.75) is 11.3 Å². The Morgan fingerprint density at radius 1 is 1.43 bits per heavy atom. The van der Waals surface area contributed by atoms with Crippen LogP contribution < -0.4 is 0 Å². The first-order valence-electron chi connectivity index (χ1n) is 4.02. The van der Waals surface area contributed by atoms with E-state index in [1.807, 2.05) is 12.3 Å². The van der Waals surface area contributed by atoms with Gasteiger partial charge in [0, 0.05) is 10.5 Å². The average molecular weight is 210 g/mol. The first-order chi connectivity index (χ1) is 6.63. The quantitative estimate of drug-likeness (QED) is 0.469. The maximum atomic E-state index is 11.3. The lowest BCUT2D eigenvalue weighted by atomic mass is 10.1. The summed E-state index contributed by atoms with van der Waals surface area (Å²) in [5, 5.41) is 8.45. The lowest BCUT2D eigenvalue weighted by molar-refractivity contribution is -0.135. The number of carboxylic acid groups (broad SMARTS) is 1. The molecule has 0 saturated heterocycles. The zero-order chi connectivity index (χ0) is 10.6. The smallest absolute Gasteiger partial charge is 0.311 e. The molecule has 0 aromatic heterocycles. The molecule has 1 rings (SSSR count). The first kappa shape index (κ1) is 10.8. The molecule has 1 aromatic carbocycles. The lowest BCUT2D eigenvalue weighted by Crippen LogP contribution is -2.06. The van der Waals surface area contributed by atoms with Crippen LogP contribution in [0.25, 0.3) is 0 Å². The standard InChI is InChI=1S/C10H10O3S/c1-14-8-4-2-3-7(5-8)9(11)6-10(12)13/h2-5H,6H2,1H3,(H,12,13). The van der Waals surface area contributed by atoms with Crippen LogP contribution in [0.1, 0.15) is 16.8 Å². The molecule has 0 atom stereocenters. The molecule has 4 heteroatoms. The van der Waals surface area contributed by atoms with Gasteiger partial charge in [-0.15, -0.1) is 11.8 Å². The highest BCUT2D eigenvalue weighted by Crippen LogP contribution is 2.16. The highest BCUT2D eigenvalue weighted by Gasteiger charge is 2.10. The molecule has 1 N–H and O–H groups in total. The van der Waals surface area contributed by atoms with Gasteiger partial charge in [0.25, 0.3) is 0 Å². The molecule has 0 bridgehead atoms. The van der Waals surface area contributed by atoms with Gasteiger partial charge in [-0.25, -0.2) is 0 Å². The molecule has 0 unspecified atom stereocenters. The number of aliphatic carboxylic acids is 1. The van der Waals surface area contributed by atoms with Crippen LogP contribution in [0.2, 0.25) is 0 Å². The number of rotatable bonds is 4. The van der Waals surface area contributed by atoms with Gasteiger partial charge in [-0.3, -0.25) is 9.59 Å². The fourth-order valence-corrected chi connectivity index (χ4v) is 1.50. The van der Waals surface area contributed by atoms with Gasteiger partial charge >= 0.3 is 5.97 Å². The van der Waals surface area contributed by atoms with Gasteiger partial charge in [-0.2, -0.15) is 0 Å². The number of benzene rings is 1. The molecule has 0 fully saturated rings. The predicted molar refractivity (Wildman–Crippen MR) is 54.8 cm³/mol. The van der Waals surface area contributed by atoms with Crippen LogP contribution in [0, 0.1) is 0 Å². The van der Waals surface area contributed by atoms with E-state index in [-0.39, 0.29) is 5.78 Å². The van der Waals surface area contributed by atoms with E-state index in [4.69, 9.17) is 5.11 Å². The van der Waals surface area contributed by atoms with Crippen molar-refractivity contribution in [3.8, 4) is 0 Å². The molecule has 14 heavy (non-hydrogen) atoms. The van der Waals surface area contributed by atoms with Crippen molar-refractivity contribution >= 4 is 23.5 Å². The number of carboxylic acids is 1. The number of hydrogen-bond donors (Lipinski definition) is 1. The van der Waals surface area contributed by atoms with Gasteiger partial charge < -0.3 is 5.11 Å². The topological polar surface area (TPSA) is 54.4 Å². The summed E-state index contributed by atoms with van der Waals surface area (Å²) in [7, 11) is 0. The molecule has 0 spiro atoms. The van der Waals surface area contributed by atoms with E-state index in [1.54, 1.807) is 18.2 Å². The largest absolute Gasteiger partial charge is 0.481 e. The van der Waals surface area contributed by atoms with Crippen LogP contribution in [0.5, 0.6) is 0 Å². The number of thioether (sulfide) groups is 1. The number of carbonyl (C=O) groups excluding carboxylic acids is 1. The van der Waals surface area contributed by atoms with E-state index in [0.717, 1.165) is 4.90 Å². The van der Waals surface area contributed by atoms with E-state index < -0.39 is 12.4 Å². The second-order valence-electron chi connectivity index (χ2n) is 2.73. The molecular formula is C10H10O3S. The summed E-state index contributed by atoms with van der Waals surface area (Å²) >= 11 is 1.52. The fourth-order valence-electron chi connectivity index (χ4n) is 1.04. The van der Waals surface area contributed by atoms with Gasteiger partial charge in [0.05, 0.1) is 0 Å². The second-order valence-corrected chi connectivity index (χ2v) is 3.61. The van der Waals surface area contributed by atoms with E-state index >= 15 is 0 Å². The minimum atomic E-state index is -1.09. The van der Waals surface area contributed by atoms with Crippen molar-refractivity contribution in [2.24, 2.45) is 0 Å². The normalized spacial score (nSPS) is 9.79. The monoisotopic (exact) mass is 210 g/mol. The van der Waals surface area contributed by atoms with Crippen molar-refractivity contribution in [2.75, 3.05) is 6.26 Å². The average Bonchev–Trinajstić information content (AvgIpc) is 2.17. The van der Waals surface area contributed by atoms with Gasteiger partial charge in [0.15, 0.2) is 5.78 Å². The van der Waals surface area contributed by atoms with E-state index in [0.29, 0.717) is 5.56 Å². The van der Waals surface area contributed by atoms with Crippen molar-refractivity contribution in [1.82, 2.24) is 0 Å². The van der Waals surface area contributed by atoms with Gasteiger partial charge in [-0.1, -0.05) is 12.1 Å². The Labute approximate surface area is 86.1 Å². The third kappa shape index (κ3) is 2.88. The predicted octanol–water partition coefficient (Wildman–Crippen LogP) is 2.07. The van der Waals surface area contributed by atoms with Crippen molar-refractivity contribution in [1.29, 1.82) is 0 Å². The molecule has 0 aliphatic rings. The molecule has 0 amide bonds. The first-order valence-corrected chi connectivity index (χ1v) is 5.25. The van der Waals surface area contributed by atoms with Gasteiger partial charge in [0.1, 0.15) is 6.42 Å². The minimum Gasteiger partial charge on any atom is -0.481 e. The summed E-state index contributed by atoms with van der Waals surface area (Å²) in [6, 6.07) is 6.96. The number of hydrogen-bond acceptors (Lipinski definition) is 3. The highest BCUT2D eigenvalue weighted by molar-refractivity contribution is 7.98. The highest BCUT2D eigenvalue weighted by atomic mass is 32.2. The van der Waals surface area contributed by atoms with E-state index in [2.05, 4.69) is 0 Å². The Bertz CT molecular complexity index is 360. The van der Waals surface area contributed by atoms with E-state index in [9.17, 15) is 9.59 Å². The third-order valence-electron chi connectivity index (χ3n) is 1.70. The Hall–Kier alpha value is -1.29. The Morgan fingerprint density at radius 2 is 2.14 bits per heavy atom. The van der Waals surface area contributed by atoms with Crippen molar-refractivity contribution in [3.63, 3.8) is 0 Å². The molecule has 74 valence electrons. The van der Waals surface area contributed by atoms with E-state index in [1.165, 1.54) is 11.8 Å². The molecule has 3 nitrogen and oxygen atoms in total. The molecule has 0 saturated carbocycles. The van der Waals surface area contributed by atoms with Crippen LogP contribution in [0.15, 0.2) is 29.2 Å². The minimum absolute atomic E-state index is 0.353. The summed E-state index contributed by atoms with van der Waals surface area (Å²) in [4.78, 5) is 22.6. The molecular weight excluding hydrogens is 200 g/mol. The molecule has 0 heterocycles. The van der Waals surface area contributed by atoms with Gasteiger partial charge in [0.2, 0.25) is 0 Å². The lowest BCUT2D eigenvalue weighted by Gasteiger charge is -2.00. The number of carbonyl (C=O) groups is 2. The second kappa shape index (κ2) is 4.81. The Morgan fingerprint density at radius 3 is 2.71 bits per heavy atom. The maximum absolute atomic E-state index is 11.3. The number of Topliss-reactive ketones (excluding diaryl/α,β-unsaturated/α-hetero) is 1. The summed E-state index contributed by atoms with van der Waals surface area (Å²) in [6.45, 7) is 0. The summed E-state index contributed by atoms with van der Waals surface area (Å²) < 4.78 is 0. The fraction of sp³-hybridized carbons (Fsp3) is 0.200. The third-order valence-corrected chi connectivity index (χ3v) is 2.43. The van der Waals surface area contributed by atoms with Crippen molar-refractivity contribution in [3.05, 3.63) is 29.8 Å². The maximum Gasteiger partial charge on any atom is 0.311 e. The zero-order valence-corrected chi connectivity index (χ0v) is 8.50. The molecule has 0 radical (unpaired) electrons. The van der Waals surface area contributed by atoms with Gasteiger partial charge in [-0.05, 0) is 18.4 Å². The van der Waals surface area contributed by atoms with Crippen LogP contribution in [0.4, 0.5) is 0 Å². The summed E-state index contributed by atoms with van der Waals surface area (Å²) in [5.74, 6) is -1.45. The summed E-state index contributed by atoms with van der Waals surface area (Å²) in [5.41, 5.74) is 0.458. The van der Waals surface area contributed by atoms with Crippen LogP contribution >= 0.6 is 11.8 Å².